The van der Waals surface area contributed by atoms with Crippen LogP contribution in [0.5, 0.6) is 0 Å². The topological polar surface area (TPSA) is 99.3 Å². The maximum absolute atomic E-state index is 14.0. The Balaban J connectivity index is 1.40. The predicted molar refractivity (Wildman–Crippen MR) is 129 cm³/mol. The Morgan fingerprint density at radius 1 is 1.15 bits per heavy atom. The van der Waals surface area contributed by atoms with Gasteiger partial charge in [-0.05, 0) is 51.7 Å². The maximum Gasteiger partial charge on any atom is 0.407 e. The lowest BCUT2D eigenvalue weighted by molar-refractivity contribution is -0.139. The van der Waals surface area contributed by atoms with Crippen molar-refractivity contribution >= 4 is 17.7 Å². The summed E-state index contributed by atoms with van der Waals surface area (Å²) >= 11 is 0. The summed E-state index contributed by atoms with van der Waals surface area (Å²) in [6.45, 7) is 6.26. The summed E-state index contributed by atoms with van der Waals surface area (Å²) in [7, 11) is 0. The van der Waals surface area contributed by atoms with Gasteiger partial charge in [-0.2, -0.15) is 0 Å². The molecule has 1 saturated heterocycles. The molecule has 34 heavy (non-hydrogen) atoms. The van der Waals surface area contributed by atoms with Gasteiger partial charge >= 0.3 is 6.09 Å². The summed E-state index contributed by atoms with van der Waals surface area (Å²) in [5.41, 5.74) is 1.64. The fraction of sp³-hybridized carbons (Fsp3) is 0.577. The summed E-state index contributed by atoms with van der Waals surface area (Å²) in [5.74, 6) is 1.04. The van der Waals surface area contributed by atoms with Crippen molar-refractivity contribution in [1.82, 2.24) is 20.2 Å². The molecule has 5 atom stereocenters. The Morgan fingerprint density at radius 3 is 2.71 bits per heavy atom. The number of anilines is 1. The molecule has 3 N–H and O–H groups in total. The molecule has 8 heteroatoms. The quantitative estimate of drug-likeness (QED) is 0.618. The van der Waals surface area contributed by atoms with Gasteiger partial charge in [-0.15, -0.1) is 0 Å². The van der Waals surface area contributed by atoms with Crippen LogP contribution in [0.4, 0.5) is 10.5 Å². The molecule has 8 nitrogen and oxygen atoms in total. The lowest BCUT2D eigenvalue weighted by Crippen LogP contribution is -2.51. The number of rotatable bonds is 3. The molecule has 1 saturated carbocycles. The highest BCUT2D eigenvalue weighted by atomic mass is 16.6. The van der Waals surface area contributed by atoms with E-state index in [4.69, 9.17) is 4.74 Å². The van der Waals surface area contributed by atoms with Crippen molar-refractivity contribution < 1.29 is 14.3 Å². The van der Waals surface area contributed by atoms with Crippen molar-refractivity contribution in [2.24, 2.45) is 11.8 Å². The molecule has 3 aliphatic rings. The maximum atomic E-state index is 14.0. The first kappa shape index (κ1) is 22.7. The molecule has 0 radical (unpaired) electrons. The van der Waals surface area contributed by atoms with Crippen LogP contribution in [0.25, 0.3) is 0 Å². The van der Waals surface area contributed by atoms with Crippen LogP contribution >= 0.6 is 0 Å². The predicted octanol–water partition coefficient (Wildman–Crippen LogP) is 4.55. The van der Waals surface area contributed by atoms with Gasteiger partial charge in [0.2, 0.25) is 5.91 Å². The number of imidazole rings is 1. The number of likely N-dealkylation sites (tertiary alicyclic amines) is 1. The van der Waals surface area contributed by atoms with Crippen molar-refractivity contribution in [3.05, 3.63) is 48.0 Å². The van der Waals surface area contributed by atoms with Gasteiger partial charge in [0.05, 0.1) is 18.0 Å². The average Bonchev–Trinajstić information content (AvgIpc) is 3.48. The Bertz CT molecular complexity index is 1030. The lowest BCUT2D eigenvalue weighted by atomic mass is 9.81. The van der Waals surface area contributed by atoms with Crippen LogP contribution in [-0.4, -0.2) is 45.1 Å². The molecule has 5 rings (SSSR count). The number of nitrogens with one attached hydrogen (secondary N) is 3. The first-order chi connectivity index (χ1) is 16.3. The van der Waals surface area contributed by atoms with Gasteiger partial charge in [-0.25, -0.2) is 9.78 Å². The van der Waals surface area contributed by atoms with E-state index in [9.17, 15) is 9.59 Å². The molecule has 2 aliphatic heterocycles. The number of fused-ring (bicyclic) bond motifs is 3. The lowest BCUT2D eigenvalue weighted by Gasteiger charge is -2.41. The summed E-state index contributed by atoms with van der Waals surface area (Å²) in [6.07, 6.45) is 7.67. The number of aromatic nitrogens is 2. The van der Waals surface area contributed by atoms with Crippen molar-refractivity contribution in [3.8, 4) is 0 Å². The first-order valence-electron chi connectivity index (χ1n) is 12.5. The molecule has 1 aromatic carbocycles. The van der Waals surface area contributed by atoms with E-state index in [2.05, 4.69) is 37.6 Å². The van der Waals surface area contributed by atoms with Crippen LogP contribution in [0.1, 0.15) is 76.3 Å². The Kier molecular flexibility index (Phi) is 6.00. The summed E-state index contributed by atoms with van der Waals surface area (Å²) in [6, 6.07) is 8.08. The number of carbonyl (C=O) groups excluding carboxylic acids is 2. The van der Waals surface area contributed by atoms with E-state index >= 15 is 0 Å². The molecule has 0 bridgehead atoms. The highest BCUT2D eigenvalue weighted by molar-refractivity contribution is 5.82. The fourth-order valence-corrected chi connectivity index (χ4v) is 5.96. The zero-order valence-corrected chi connectivity index (χ0v) is 20.2. The van der Waals surface area contributed by atoms with Gasteiger partial charge in [0.15, 0.2) is 0 Å². The molecule has 2 amide bonds. The van der Waals surface area contributed by atoms with Gasteiger partial charge in [-0.1, -0.05) is 31.0 Å². The van der Waals surface area contributed by atoms with E-state index in [1.807, 2.05) is 39.1 Å². The zero-order chi connectivity index (χ0) is 23.9. The molecule has 0 spiro atoms. The number of para-hydroxylation sites is 1. The number of nitrogens with zero attached hydrogens (tertiary/aromatic N) is 2. The van der Waals surface area contributed by atoms with E-state index in [1.54, 1.807) is 6.20 Å². The molecular weight excluding hydrogens is 430 g/mol. The summed E-state index contributed by atoms with van der Waals surface area (Å²) in [5, 5.41) is 6.68. The van der Waals surface area contributed by atoms with Crippen LogP contribution in [0.2, 0.25) is 0 Å². The number of carbonyl (C=O) groups is 2. The summed E-state index contributed by atoms with van der Waals surface area (Å²) < 4.78 is 5.49. The number of hydrogen-bond acceptors (Lipinski definition) is 5. The minimum Gasteiger partial charge on any atom is -0.444 e. The minimum atomic E-state index is -0.569. The largest absolute Gasteiger partial charge is 0.444 e. The number of ether oxygens (including phenoxy) is 1. The smallest absolute Gasteiger partial charge is 0.407 e. The third kappa shape index (κ3) is 4.38. The molecule has 1 aromatic heterocycles. The molecule has 2 aromatic rings. The van der Waals surface area contributed by atoms with Gasteiger partial charge < -0.3 is 25.3 Å². The standard InChI is InChI=1S/C26H35N5O3/c1-26(2,3)34-25(33)30-20-11-7-5-9-17(20)24(32)31-15-12-18-21(23-27-13-14-28-23)29-19-10-6-4-8-16(19)22(18)31/h4,6,8,10,13-14,17-18,20-22,29H,5,7,9,11-12,15H2,1-3H3,(H,27,28)(H,30,33)/t17-,18-,20+,21-,22+/m0/s1. The zero-order valence-electron chi connectivity index (χ0n) is 20.2. The van der Waals surface area contributed by atoms with E-state index < -0.39 is 11.7 Å². The van der Waals surface area contributed by atoms with E-state index in [-0.39, 0.29) is 35.9 Å². The van der Waals surface area contributed by atoms with Crippen LogP contribution in [0.3, 0.4) is 0 Å². The Labute approximate surface area is 200 Å². The molecule has 3 heterocycles. The minimum absolute atomic E-state index is 0.0100. The Hall–Kier alpha value is -3.03. The van der Waals surface area contributed by atoms with E-state index in [0.717, 1.165) is 49.2 Å². The monoisotopic (exact) mass is 465 g/mol. The number of alkyl carbamates (subject to hydrolysis) is 1. The van der Waals surface area contributed by atoms with Gasteiger partial charge in [-0.3, -0.25) is 4.79 Å². The van der Waals surface area contributed by atoms with Gasteiger partial charge in [0.1, 0.15) is 11.4 Å². The highest BCUT2D eigenvalue weighted by Gasteiger charge is 2.49. The second-order valence-corrected chi connectivity index (χ2v) is 10.8. The van der Waals surface area contributed by atoms with Gasteiger partial charge in [0.25, 0.3) is 0 Å². The molecule has 1 aliphatic carbocycles. The molecular formula is C26H35N5O3. The number of aromatic amines is 1. The van der Waals surface area contributed by atoms with Crippen LogP contribution in [0.15, 0.2) is 36.7 Å². The SMILES string of the molecule is CC(C)(C)OC(=O)N[C@@H]1CCCC[C@@H]1C(=O)N1CC[C@H]2[C@@H](c3ncc[nH]3)Nc3ccccc3[C@H]21. The Morgan fingerprint density at radius 2 is 1.94 bits per heavy atom. The van der Waals surface area contributed by atoms with Crippen molar-refractivity contribution in [3.63, 3.8) is 0 Å². The summed E-state index contributed by atoms with van der Waals surface area (Å²) in [4.78, 5) is 36.4. The van der Waals surface area contributed by atoms with E-state index in [1.165, 1.54) is 0 Å². The molecule has 182 valence electrons. The van der Waals surface area contributed by atoms with Crippen LogP contribution < -0.4 is 10.6 Å². The van der Waals surface area contributed by atoms with Crippen LogP contribution in [0, 0.1) is 11.8 Å². The van der Waals surface area contributed by atoms with Gasteiger partial charge in [0, 0.05) is 36.6 Å². The molecule has 0 unspecified atom stereocenters. The number of amides is 2. The first-order valence-corrected chi connectivity index (χ1v) is 12.5. The van der Waals surface area contributed by atoms with Crippen molar-refractivity contribution in [1.29, 1.82) is 0 Å². The third-order valence-electron chi connectivity index (χ3n) is 7.35. The normalized spacial score (nSPS) is 28.4. The number of H-pyrrole nitrogens is 1. The fourth-order valence-electron chi connectivity index (χ4n) is 5.96. The average molecular weight is 466 g/mol. The second-order valence-electron chi connectivity index (χ2n) is 10.8. The van der Waals surface area contributed by atoms with Crippen molar-refractivity contribution in [2.75, 3.05) is 11.9 Å². The third-order valence-corrected chi connectivity index (χ3v) is 7.35. The highest BCUT2D eigenvalue weighted by Crippen LogP contribution is 2.51. The molecule has 2 fully saturated rings. The van der Waals surface area contributed by atoms with Crippen molar-refractivity contribution in [2.45, 2.75) is 76.6 Å². The number of benzene rings is 1. The van der Waals surface area contributed by atoms with E-state index in [0.29, 0.717) is 6.54 Å². The second kappa shape index (κ2) is 8.96. The van der Waals surface area contributed by atoms with Crippen LogP contribution in [-0.2, 0) is 9.53 Å². The number of hydrogen-bond donors (Lipinski definition) is 3.